The van der Waals surface area contributed by atoms with E-state index in [-0.39, 0.29) is 56.6 Å². The van der Waals surface area contributed by atoms with Gasteiger partial charge in [-0.2, -0.15) is 0 Å². The van der Waals surface area contributed by atoms with Crippen LogP contribution in [0.4, 0.5) is 9.18 Å². The van der Waals surface area contributed by atoms with Gasteiger partial charge in [-0.15, -0.1) is 0 Å². The predicted octanol–water partition coefficient (Wildman–Crippen LogP) is 4.47. The van der Waals surface area contributed by atoms with Crippen LogP contribution in [0.1, 0.15) is 98.1 Å². The van der Waals surface area contributed by atoms with Gasteiger partial charge in [-0.3, -0.25) is 19.1 Å². The zero-order valence-corrected chi connectivity index (χ0v) is 36.5. The summed E-state index contributed by atoms with van der Waals surface area (Å²) in [5.74, 6) is -2.74. The number of rotatable bonds is 11. The molecular weight excluding hydrogens is 800 g/mol. The molecule has 60 heavy (non-hydrogen) atoms. The monoisotopic (exact) mass is 858 g/mol. The van der Waals surface area contributed by atoms with E-state index in [9.17, 15) is 27.2 Å². The first-order valence-electron chi connectivity index (χ1n) is 20.7. The fraction of sp³-hybridized carbons (Fsp3) is 0.667. The van der Waals surface area contributed by atoms with Crippen LogP contribution in [0.5, 0.6) is 11.6 Å². The van der Waals surface area contributed by atoms with Gasteiger partial charge in [0.1, 0.15) is 52.2 Å². The average molecular weight is 859 g/mol. The van der Waals surface area contributed by atoms with E-state index in [0.717, 1.165) is 0 Å². The Balaban J connectivity index is 1.39. The topological polar surface area (TPSA) is 204 Å². The fourth-order valence-electron chi connectivity index (χ4n) is 8.16. The molecule has 0 bridgehead atoms. The number of fused-ring (bicyclic) bond motifs is 3. The van der Waals surface area contributed by atoms with Crippen LogP contribution in [0, 0.1) is 17.8 Å². The molecular formula is C42H59FN6O10S. The number of sulfonamides is 1. The van der Waals surface area contributed by atoms with E-state index in [4.69, 9.17) is 28.9 Å². The highest BCUT2D eigenvalue weighted by Crippen LogP contribution is 2.48. The molecule has 0 spiro atoms. The van der Waals surface area contributed by atoms with Crippen LogP contribution in [-0.2, 0) is 33.9 Å². The van der Waals surface area contributed by atoms with Gasteiger partial charge in [0.05, 0.1) is 31.3 Å². The molecule has 2 aliphatic carbocycles. The molecule has 1 aromatic heterocycles. The normalized spacial score (nSPS) is 28.1. The van der Waals surface area contributed by atoms with E-state index in [1.807, 2.05) is 26.8 Å². The van der Waals surface area contributed by atoms with E-state index in [1.54, 1.807) is 52.2 Å². The molecule has 16 nitrogen and oxygen atoms in total. The Morgan fingerprint density at radius 3 is 2.47 bits per heavy atom. The molecule has 7 unspecified atom stereocenters. The third-order valence-corrected chi connectivity index (χ3v) is 14.0. The number of alkyl halides is 1. The second-order valence-electron chi connectivity index (χ2n) is 18.1. The number of nitrogens with one attached hydrogen (secondary N) is 3. The molecule has 7 atom stereocenters. The Morgan fingerprint density at radius 2 is 1.83 bits per heavy atom. The molecule has 0 radical (unpaired) electrons. The molecule has 330 valence electrons. The van der Waals surface area contributed by atoms with Gasteiger partial charge in [0, 0.05) is 37.4 Å². The molecule has 2 aromatic rings. The van der Waals surface area contributed by atoms with Crippen molar-refractivity contribution in [3.05, 3.63) is 36.0 Å². The van der Waals surface area contributed by atoms with Crippen molar-refractivity contribution in [1.82, 2.24) is 30.2 Å². The number of amides is 4. The maximum Gasteiger partial charge on any atom is 0.408 e. The summed E-state index contributed by atoms with van der Waals surface area (Å²) in [4.78, 5) is 68.2. The number of aromatic nitrogens is 2. The summed E-state index contributed by atoms with van der Waals surface area (Å²) in [5, 5.41) is 5.63. The van der Waals surface area contributed by atoms with Crippen LogP contribution in [0.15, 0.2) is 30.4 Å². The Labute approximate surface area is 351 Å². The number of carbonyl (C=O) groups is 4. The van der Waals surface area contributed by atoms with E-state index < -0.39 is 86.4 Å². The van der Waals surface area contributed by atoms with Gasteiger partial charge in [-0.1, -0.05) is 32.9 Å². The summed E-state index contributed by atoms with van der Waals surface area (Å²) in [6.45, 7) is 9.86. The van der Waals surface area contributed by atoms with Crippen LogP contribution in [0.2, 0.25) is 0 Å². The first-order chi connectivity index (χ1) is 28.2. The number of ether oxygens (including phenoxy) is 4. The number of allylic oxidation sites excluding steroid dienone is 1. The van der Waals surface area contributed by atoms with Gasteiger partial charge in [-0.05, 0) is 77.3 Å². The van der Waals surface area contributed by atoms with Crippen LogP contribution >= 0.6 is 0 Å². The van der Waals surface area contributed by atoms with Gasteiger partial charge in [-0.25, -0.2) is 27.6 Å². The van der Waals surface area contributed by atoms with Gasteiger partial charge in [0.25, 0.3) is 5.91 Å². The van der Waals surface area contributed by atoms with Crippen LogP contribution in [-0.4, -0.2) is 115 Å². The molecule has 1 saturated heterocycles. The summed E-state index contributed by atoms with van der Waals surface area (Å²) in [6.07, 6.45) is 3.95. The van der Waals surface area contributed by atoms with Crippen LogP contribution in [0.3, 0.4) is 0 Å². The Hall–Kier alpha value is -4.58. The van der Waals surface area contributed by atoms with Crippen molar-refractivity contribution in [3.8, 4) is 11.6 Å². The quantitative estimate of drug-likeness (QED) is 0.268. The van der Waals surface area contributed by atoms with Crippen LogP contribution < -0.4 is 24.8 Å². The Kier molecular flexibility index (Phi) is 13.1. The minimum Gasteiger partial charge on any atom is -0.497 e. The molecule has 2 aliphatic heterocycles. The maximum atomic E-state index is 15.1. The number of nitrogens with zero attached hydrogens (tertiary/aromatic N) is 3. The van der Waals surface area contributed by atoms with Crippen molar-refractivity contribution in [3.63, 3.8) is 0 Å². The molecule has 1 aromatic carbocycles. The predicted molar refractivity (Wildman–Crippen MR) is 219 cm³/mol. The number of benzene rings is 1. The number of halogens is 1. The fourth-order valence-corrected chi connectivity index (χ4v) is 9.58. The van der Waals surface area contributed by atoms with Gasteiger partial charge < -0.3 is 34.5 Å². The van der Waals surface area contributed by atoms with Crippen molar-refractivity contribution in [2.75, 3.05) is 34.0 Å². The second-order valence-corrected chi connectivity index (χ2v) is 20.2. The molecule has 4 aliphatic rings. The lowest BCUT2D eigenvalue weighted by molar-refractivity contribution is -0.142. The largest absolute Gasteiger partial charge is 0.497 e. The molecule has 3 heterocycles. The summed E-state index contributed by atoms with van der Waals surface area (Å²) in [7, 11) is -1.36. The van der Waals surface area contributed by atoms with Gasteiger partial charge >= 0.3 is 6.09 Å². The third-order valence-electron chi connectivity index (χ3n) is 11.8. The lowest BCUT2D eigenvalue weighted by Gasteiger charge is -2.34. The number of hydrogen-bond donors (Lipinski definition) is 3. The molecule has 2 saturated carbocycles. The van der Waals surface area contributed by atoms with E-state index in [2.05, 4.69) is 15.4 Å². The summed E-state index contributed by atoms with van der Waals surface area (Å²) in [5.41, 5.74) is -0.896. The van der Waals surface area contributed by atoms with E-state index in [0.29, 0.717) is 41.7 Å². The summed E-state index contributed by atoms with van der Waals surface area (Å²) < 4.78 is 64.1. The summed E-state index contributed by atoms with van der Waals surface area (Å²) >= 11 is 0. The summed E-state index contributed by atoms with van der Waals surface area (Å²) in [6, 6.07) is 2.84. The lowest BCUT2D eigenvalue weighted by atomic mass is 9.87. The zero-order chi connectivity index (χ0) is 43.8. The molecule has 3 N–H and O–H groups in total. The van der Waals surface area contributed by atoms with Gasteiger partial charge in [0.2, 0.25) is 27.7 Å². The highest BCUT2D eigenvalue weighted by atomic mass is 32.2. The second kappa shape index (κ2) is 17.4. The number of hydrogen-bond acceptors (Lipinski definition) is 12. The number of carbonyl (C=O) groups excluding carboxylic acids is 4. The minimum atomic E-state index is -4.41. The highest BCUT2D eigenvalue weighted by molar-refractivity contribution is 7.91. The van der Waals surface area contributed by atoms with Gasteiger partial charge in [0.15, 0.2) is 0 Å². The first kappa shape index (κ1) is 45.0. The Morgan fingerprint density at radius 1 is 1.10 bits per heavy atom. The zero-order valence-electron chi connectivity index (χ0n) is 35.7. The molecule has 4 amide bonds. The standard InChI is InChI=1S/C42H59FN6O10S/c1-24(2)33-36(45-31-18-28(57-8)13-14-30(31)44-33)58-29-19-32-35(50)47-42(38(52)48-60(54,55)41(23-43)15-16-41)20-27(42)12-10-9-11-25(3)17-26(22-56-7)34(37(51)49(32)21-29)46-39(53)59-40(4,5)6/h10,12-14,18,24-27,29,32,34H,9,11,15-17,19-23H2,1-8H3,(H,46,53)(H,47,50)(H,48,52). The highest BCUT2D eigenvalue weighted by Gasteiger charge is 2.64. The molecule has 18 heteroatoms. The van der Waals surface area contributed by atoms with Crippen molar-refractivity contribution in [1.29, 1.82) is 0 Å². The van der Waals surface area contributed by atoms with E-state index in [1.165, 1.54) is 12.0 Å². The van der Waals surface area contributed by atoms with Crippen molar-refractivity contribution >= 4 is 44.9 Å². The van der Waals surface area contributed by atoms with Crippen LogP contribution in [0.25, 0.3) is 11.0 Å². The molecule has 3 fully saturated rings. The van der Waals surface area contributed by atoms with E-state index >= 15 is 4.79 Å². The van der Waals surface area contributed by atoms with Crippen molar-refractivity contribution in [2.45, 2.75) is 126 Å². The first-order valence-corrected chi connectivity index (χ1v) is 22.2. The lowest BCUT2D eigenvalue weighted by Crippen LogP contribution is -2.60. The van der Waals surface area contributed by atoms with Crippen molar-refractivity contribution in [2.24, 2.45) is 17.8 Å². The number of alkyl carbamates (subject to hydrolysis) is 1. The van der Waals surface area contributed by atoms with Crippen molar-refractivity contribution < 1.29 is 50.9 Å². The minimum absolute atomic E-state index is 0.0354. The third kappa shape index (κ3) is 9.64. The smallest absolute Gasteiger partial charge is 0.408 e. The molecule has 6 rings (SSSR count). The maximum absolute atomic E-state index is 15.1. The average Bonchev–Trinajstić information content (AvgIpc) is 4.08. The SMILES string of the molecule is COCC1CC(C)CCC=CC2CC2(C(=O)NS(=O)(=O)C2(CF)CC2)NC(=O)C2CC(Oc3nc4cc(OC)ccc4nc3C(C)C)CN2C(=O)C1NC(=O)OC(C)(C)C. The Bertz CT molecular complexity index is 2110. The number of methoxy groups -OCH3 is 2.